The van der Waals surface area contributed by atoms with Gasteiger partial charge in [-0.1, -0.05) is 6.07 Å². The Labute approximate surface area is 215 Å². The van der Waals surface area contributed by atoms with Crippen LogP contribution in [0.1, 0.15) is 19.8 Å². The summed E-state index contributed by atoms with van der Waals surface area (Å²) in [5, 5.41) is 25.9. The summed E-state index contributed by atoms with van der Waals surface area (Å²) in [6.45, 7) is 3.40. The zero-order valence-electron chi connectivity index (χ0n) is 20.5. The van der Waals surface area contributed by atoms with E-state index in [0.717, 1.165) is 5.69 Å². The Bertz CT molecular complexity index is 978. The van der Waals surface area contributed by atoms with Crippen LogP contribution in [0, 0.1) is 28.6 Å². The second-order valence-electron chi connectivity index (χ2n) is 7.89. The molecule has 0 bridgehead atoms. The van der Waals surface area contributed by atoms with Crippen LogP contribution in [0.15, 0.2) is 24.3 Å². The summed E-state index contributed by atoms with van der Waals surface area (Å²) < 4.78 is 10.1. The van der Waals surface area contributed by atoms with Gasteiger partial charge >= 0.3 is 0 Å². The predicted octanol–water partition coefficient (Wildman–Crippen LogP) is 1.55. The van der Waals surface area contributed by atoms with Crippen molar-refractivity contribution in [1.29, 1.82) is 10.5 Å². The van der Waals surface area contributed by atoms with Crippen molar-refractivity contribution in [2.24, 2.45) is 5.92 Å². The van der Waals surface area contributed by atoms with Crippen LogP contribution < -0.4 is 16.0 Å². The van der Waals surface area contributed by atoms with E-state index in [1.165, 1.54) is 11.8 Å². The molecule has 1 fully saturated rings. The number of nitriles is 2. The van der Waals surface area contributed by atoms with E-state index in [4.69, 9.17) is 14.7 Å². The highest BCUT2D eigenvalue weighted by Crippen LogP contribution is 2.37. The average Bonchev–Trinajstić information content (AvgIpc) is 3.17. The Morgan fingerprint density at radius 3 is 2.72 bits per heavy atom. The lowest BCUT2D eigenvalue weighted by atomic mass is 10.1. The van der Waals surface area contributed by atoms with Gasteiger partial charge in [-0.05, 0) is 31.5 Å². The number of carbonyl (C=O) groups excluding carboxylic acids is 3. The van der Waals surface area contributed by atoms with Gasteiger partial charge in [0.05, 0.1) is 36.0 Å². The minimum atomic E-state index is -0.932. The summed E-state index contributed by atoms with van der Waals surface area (Å²) in [6.07, 6.45) is 0.761. The molecule has 194 valence electrons. The summed E-state index contributed by atoms with van der Waals surface area (Å²) in [4.78, 5) is 38.7. The number of hydrogen-bond donors (Lipinski definition) is 3. The second kappa shape index (κ2) is 15.6. The van der Waals surface area contributed by atoms with E-state index in [0.29, 0.717) is 38.4 Å². The first-order valence-corrected chi connectivity index (χ1v) is 12.6. The number of benzene rings is 1. The number of hydrogen-bond acceptors (Lipinski definition) is 9. The van der Waals surface area contributed by atoms with E-state index in [9.17, 15) is 19.6 Å². The molecule has 1 aliphatic rings. The fraction of sp³-hybridized carbons (Fsp3) is 0.542. The van der Waals surface area contributed by atoms with Crippen molar-refractivity contribution in [2.75, 3.05) is 57.2 Å². The normalized spacial score (nSPS) is 17.7. The van der Waals surface area contributed by atoms with Gasteiger partial charge in [0, 0.05) is 38.0 Å². The number of rotatable bonds is 15. The highest BCUT2D eigenvalue weighted by molar-refractivity contribution is 8.01. The standard InChI is InChI=1S/C24H32N6O5S/c1-3-30-22(13-17(15-26)23(32)28-10-8-25)36-20(24(30)33)7-9-27-18-5-4-6-19(14-18)29-21(31)16-35-12-11-34-2/h4-6,14,17,20,22,27H,3,7,9-13,16H2,1-2H3,(H,28,32)(H,29,31). The molecule has 0 aromatic heterocycles. The van der Waals surface area contributed by atoms with Crippen molar-refractivity contribution in [1.82, 2.24) is 10.2 Å². The third-order valence-electron chi connectivity index (χ3n) is 5.37. The van der Waals surface area contributed by atoms with Gasteiger partial charge in [-0.3, -0.25) is 14.4 Å². The quantitative estimate of drug-likeness (QED) is 0.232. The number of nitrogens with one attached hydrogen (secondary N) is 3. The zero-order chi connectivity index (χ0) is 26.3. The van der Waals surface area contributed by atoms with E-state index >= 15 is 0 Å². The van der Waals surface area contributed by atoms with Gasteiger partial charge in [0.1, 0.15) is 19.1 Å². The van der Waals surface area contributed by atoms with Crippen molar-refractivity contribution in [3.05, 3.63) is 24.3 Å². The molecule has 2 rings (SSSR count). The van der Waals surface area contributed by atoms with Crippen molar-refractivity contribution >= 4 is 40.9 Å². The molecule has 11 nitrogen and oxygen atoms in total. The maximum absolute atomic E-state index is 12.9. The van der Waals surface area contributed by atoms with Gasteiger partial charge in [-0.2, -0.15) is 10.5 Å². The molecule has 1 aromatic rings. The Morgan fingerprint density at radius 2 is 2.03 bits per heavy atom. The molecule has 0 saturated carbocycles. The van der Waals surface area contributed by atoms with Crippen molar-refractivity contribution in [2.45, 2.75) is 30.4 Å². The van der Waals surface area contributed by atoms with Crippen LogP contribution in [0.3, 0.4) is 0 Å². The molecule has 3 atom stereocenters. The Hall–Kier alpha value is -3.32. The summed E-state index contributed by atoms with van der Waals surface area (Å²) >= 11 is 1.45. The fourth-order valence-corrected chi connectivity index (χ4v) is 5.20. The first kappa shape index (κ1) is 28.9. The van der Waals surface area contributed by atoms with Crippen LogP contribution in [0.2, 0.25) is 0 Å². The number of amides is 3. The lowest BCUT2D eigenvalue weighted by molar-refractivity contribution is -0.131. The predicted molar refractivity (Wildman–Crippen MR) is 136 cm³/mol. The molecular weight excluding hydrogens is 484 g/mol. The molecule has 12 heteroatoms. The molecule has 0 spiro atoms. The van der Waals surface area contributed by atoms with Gasteiger partial charge in [-0.25, -0.2) is 0 Å². The minimum absolute atomic E-state index is 0.0158. The molecule has 0 aliphatic carbocycles. The van der Waals surface area contributed by atoms with Gasteiger partial charge < -0.3 is 30.3 Å². The second-order valence-corrected chi connectivity index (χ2v) is 9.27. The molecule has 1 aliphatic heterocycles. The number of carbonyl (C=O) groups is 3. The molecule has 1 aromatic carbocycles. The van der Waals surface area contributed by atoms with E-state index in [1.807, 2.05) is 31.2 Å². The van der Waals surface area contributed by atoms with Crippen LogP contribution in [0.4, 0.5) is 11.4 Å². The van der Waals surface area contributed by atoms with E-state index in [1.54, 1.807) is 24.1 Å². The monoisotopic (exact) mass is 516 g/mol. The lowest BCUT2D eigenvalue weighted by Gasteiger charge is -2.23. The van der Waals surface area contributed by atoms with E-state index < -0.39 is 11.8 Å². The Balaban J connectivity index is 1.85. The number of ether oxygens (including phenoxy) is 2. The van der Waals surface area contributed by atoms with Gasteiger partial charge in [0.25, 0.3) is 0 Å². The smallest absolute Gasteiger partial charge is 0.250 e. The highest BCUT2D eigenvalue weighted by Gasteiger charge is 2.40. The average molecular weight is 517 g/mol. The minimum Gasteiger partial charge on any atom is -0.385 e. The molecule has 1 heterocycles. The van der Waals surface area contributed by atoms with Crippen molar-refractivity contribution < 1.29 is 23.9 Å². The molecule has 0 radical (unpaired) electrons. The number of nitrogens with zero attached hydrogens (tertiary/aromatic N) is 3. The van der Waals surface area contributed by atoms with Crippen LogP contribution in [-0.4, -0.2) is 79.8 Å². The third kappa shape index (κ3) is 9.04. The van der Waals surface area contributed by atoms with E-state index in [-0.39, 0.29) is 42.0 Å². The van der Waals surface area contributed by atoms with E-state index in [2.05, 4.69) is 16.0 Å². The largest absolute Gasteiger partial charge is 0.385 e. The Kier molecular flexibility index (Phi) is 12.6. The maximum atomic E-state index is 12.9. The Morgan fingerprint density at radius 1 is 1.25 bits per heavy atom. The third-order valence-corrected chi connectivity index (χ3v) is 6.89. The maximum Gasteiger partial charge on any atom is 0.250 e. The molecular formula is C24H32N6O5S. The van der Waals surface area contributed by atoms with Crippen LogP contribution in [-0.2, 0) is 23.9 Å². The van der Waals surface area contributed by atoms with Gasteiger partial charge in [0.15, 0.2) is 0 Å². The molecule has 3 amide bonds. The van der Waals surface area contributed by atoms with Crippen molar-refractivity contribution in [3.63, 3.8) is 0 Å². The first-order chi connectivity index (χ1) is 17.4. The molecule has 3 N–H and O–H groups in total. The topological polar surface area (TPSA) is 157 Å². The zero-order valence-corrected chi connectivity index (χ0v) is 21.3. The summed E-state index contributed by atoms with van der Waals surface area (Å²) in [6, 6.07) is 11.1. The number of methoxy groups -OCH3 is 1. The first-order valence-electron chi connectivity index (χ1n) is 11.6. The van der Waals surface area contributed by atoms with Gasteiger partial charge in [0.2, 0.25) is 17.7 Å². The summed E-state index contributed by atoms with van der Waals surface area (Å²) in [7, 11) is 1.56. The SMILES string of the molecule is CCN1C(=O)C(CCNc2cccc(NC(=O)COCCOC)c2)SC1CC(C#N)C(=O)NCC#N. The van der Waals surface area contributed by atoms with Crippen LogP contribution in [0.5, 0.6) is 0 Å². The van der Waals surface area contributed by atoms with Gasteiger partial charge in [-0.15, -0.1) is 11.8 Å². The lowest BCUT2D eigenvalue weighted by Crippen LogP contribution is -2.38. The highest BCUT2D eigenvalue weighted by atomic mass is 32.2. The number of anilines is 2. The molecule has 3 unspecified atom stereocenters. The van der Waals surface area contributed by atoms with Crippen LogP contribution >= 0.6 is 11.8 Å². The summed E-state index contributed by atoms with van der Waals surface area (Å²) in [5.74, 6) is -1.71. The van der Waals surface area contributed by atoms with Crippen molar-refractivity contribution in [3.8, 4) is 12.1 Å². The number of thioether (sulfide) groups is 1. The fourth-order valence-electron chi connectivity index (χ4n) is 3.61. The molecule has 36 heavy (non-hydrogen) atoms. The van der Waals surface area contributed by atoms with Crippen LogP contribution in [0.25, 0.3) is 0 Å². The summed E-state index contributed by atoms with van der Waals surface area (Å²) in [5.41, 5.74) is 1.42. The molecule has 1 saturated heterocycles.